The molecule has 28 heavy (non-hydrogen) atoms. The first-order chi connectivity index (χ1) is 13.5. The zero-order chi connectivity index (χ0) is 20.5. The Morgan fingerprint density at radius 1 is 1.07 bits per heavy atom. The number of amides is 2. The van der Waals surface area contributed by atoms with Crippen LogP contribution >= 0.6 is 35.0 Å². The number of nitrogens with one attached hydrogen (secondary N) is 1. The number of thioether (sulfide) groups is 1. The maximum atomic E-state index is 13.0. The second-order valence-electron chi connectivity index (χ2n) is 6.24. The van der Waals surface area contributed by atoms with Crippen LogP contribution in [-0.2, 0) is 21.9 Å². The Morgan fingerprint density at radius 2 is 1.71 bits per heavy atom. The van der Waals surface area contributed by atoms with Gasteiger partial charge in [0.1, 0.15) is 6.04 Å². The molecular weight excluding hydrogens is 415 g/mol. The summed E-state index contributed by atoms with van der Waals surface area (Å²) in [5.41, 5.74) is 1.80. The van der Waals surface area contributed by atoms with Crippen molar-refractivity contribution >= 4 is 46.8 Å². The van der Waals surface area contributed by atoms with E-state index in [1.807, 2.05) is 37.3 Å². The average molecular weight is 439 g/mol. The van der Waals surface area contributed by atoms with E-state index in [4.69, 9.17) is 23.2 Å². The van der Waals surface area contributed by atoms with Crippen LogP contribution in [0.3, 0.4) is 0 Å². The smallest absolute Gasteiger partial charge is 0.242 e. The van der Waals surface area contributed by atoms with Crippen LogP contribution in [0.4, 0.5) is 0 Å². The fourth-order valence-electron chi connectivity index (χ4n) is 2.85. The quantitative estimate of drug-likeness (QED) is 0.612. The number of hydrogen-bond donors (Lipinski definition) is 1. The molecule has 2 amide bonds. The fraction of sp³-hybridized carbons (Fsp3) is 0.333. The van der Waals surface area contributed by atoms with Gasteiger partial charge in [-0.25, -0.2) is 0 Å². The second kappa shape index (κ2) is 11.3. The third-order valence-electron chi connectivity index (χ3n) is 4.36. The van der Waals surface area contributed by atoms with Crippen LogP contribution in [0.1, 0.15) is 24.5 Å². The largest absolute Gasteiger partial charge is 0.357 e. The van der Waals surface area contributed by atoms with Gasteiger partial charge in [0.15, 0.2) is 0 Å². The summed E-state index contributed by atoms with van der Waals surface area (Å²) >= 11 is 14.1. The molecule has 1 unspecified atom stereocenters. The van der Waals surface area contributed by atoms with Crippen LogP contribution < -0.4 is 5.32 Å². The molecule has 2 rings (SSSR count). The highest BCUT2D eigenvalue weighted by atomic mass is 35.5. The molecule has 0 saturated carbocycles. The third-order valence-corrected chi connectivity index (χ3v) is 6.06. The molecule has 0 radical (unpaired) electrons. The lowest BCUT2D eigenvalue weighted by molar-refractivity contribution is -0.139. The van der Waals surface area contributed by atoms with Crippen molar-refractivity contribution in [1.29, 1.82) is 0 Å². The van der Waals surface area contributed by atoms with Gasteiger partial charge in [0, 0.05) is 35.0 Å². The molecule has 1 N–H and O–H groups in total. The topological polar surface area (TPSA) is 49.4 Å². The molecule has 0 saturated heterocycles. The Kier molecular flexibility index (Phi) is 9.16. The molecule has 0 fully saturated rings. The van der Waals surface area contributed by atoms with Crippen LogP contribution in [0.25, 0.3) is 0 Å². The van der Waals surface area contributed by atoms with E-state index in [1.54, 1.807) is 30.1 Å². The molecule has 0 heterocycles. The number of hydrogen-bond acceptors (Lipinski definition) is 3. The molecule has 0 bridgehead atoms. The van der Waals surface area contributed by atoms with Crippen LogP contribution in [-0.4, -0.2) is 35.6 Å². The highest BCUT2D eigenvalue weighted by Gasteiger charge is 2.28. The molecule has 7 heteroatoms. The van der Waals surface area contributed by atoms with Gasteiger partial charge in [-0.3, -0.25) is 9.59 Å². The number of rotatable bonds is 9. The van der Waals surface area contributed by atoms with Gasteiger partial charge in [-0.1, -0.05) is 66.5 Å². The van der Waals surface area contributed by atoms with E-state index in [0.29, 0.717) is 22.0 Å². The number of halogens is 2. The van der Waals surface area contributed by atoms with Gasteiger partial charge in [-0.05, 0) is 24.1 Å². The van der Waals surface area contributed by atoms with Crippen molar-refractivity contribution in [2.75, 3.05) is 12.8 Å². The minimum Gasteiger partial charge on any atom is -0.357 e. The van der Waals surface area contributed by atoms with Crippen LogP contribution in [0.5, 0.6) is 0 Å². The summed E-state index contributed by atoms with van der Waals surface area (Å²) in [4.78, 5) is 27.0. The van der Waals surface area contributed by atoms with Crippen molar-refractivity contribution in [2.24, 2.45) is 0 Å². The molecule has 150 valence electrons. The fourth-order valence-corrected chi connectivity index (χ4v) is 4.24. The molecule has 0 aromatic heterocycles. The summed E-state index contributed by atoms with van der Waals surface area (Å²) in [5, 5.41) is 3.60. The standard InChI is InChI=1S/C21H24Cl2N2O2S/c1-3-19(21(27)24-2)25(12-16-17(22)10-7-11-18(16)23)20(26)14-28-13-15-8-5-4-6-9-15/h4-11,19H,3,12-14H2,1-2H3,(H,24,27). The molecule has 1 atom stereocenters. The number of benzene rings is 2. The SMILES string of the molecule is CCC(C(=O)NC)N(Cc1c(Cl)cccc1Cl)C(=O)CSCc1ccccc1. The summed E-state index contributed by atoms with van der Waals surface area (Å²) in [6, 6.07) is 14.6. The highest BCUT2D eigenvalue weighted by Crippen LogP contribution is 2.27. The molecule has 0 aliphatic carbocycles. The van der Waals surface area contributed by atoms with Crippen molar-refractivity contribution < 1.29 is 9.59 Å². The van der Waals surface area contributed by atoms with Crippen molar-refractivity contribution in [3.8, 4) is 0 Å². The Balaban J connectivity index is 2.17. The number of carbonyl (C=O) groups is 2. The molecule has 0 spiro atoms. The lowest BCUT2D eigenvalue weighted by atomic mass is 10.1. The number of carbonyl (C=O) groups excluding carboxylic acids is 2. The molecule has 0 aliphatic rings. The first-order valence-electron chi connectivity index (χ1n) is 9.03. The maximum absolute atomic E-state index is 13.0. The third kappa shape index (κ3) is 6.16. The number of likely N-dealkylation sites (N-methyl/N-ethyl adjacent to an activating group) is 1. The second-order valence-corrected chi connectivity index (χ2v) is 8.04. The predicted octanol–water partition coefficient (Wildman–Crippen LogP) is 4.78. The molecular formula is C21H24Cl2N2O2S. The van der Waals surface area contributed by atoms with Crippen molar-refractivity contribution in [3.63, 3.8) is 0 Å². The monoisotopic (exact) mass is 438 g/mol. The van der Waals surface area contributed by atoms with Gasteiger partial charge in [-0.2, -0.15) is 0 Å². The van der Waals surface area contributed by atoms with Crippen molar-refractivity contribution in [3.05, 3.63) is 69.7 Å². The first-order valence-corrected chi connectivity index (χ1v) is 10.9. The van der Waals surface area contributed by atoms with E-state index in [2.05, 4.69) is 5.32 Å². The van der Waals surface area contributed by atoms with E-state index in [0.717, 1.165) is 11.3 Å². The first kappa shape index (κ1) is 22.6. The summed E-state index contributed by atoms with van der Waals surface area (Å²) < 4.78 is 0. The van der Waals surface area contributed by atoms with Crippen LogP contribution in [0.2, 0.25) is 10.0 Å². The van der Waals surface area contributed by atoms with E-state index < -0.39 is 6.04 Å². The van der Waals surface area contributed by atoms with Crippen molar-refractivity contribution in [2.45, 2.75) is 31.7 Å². The summed E-state index contributed by atoms with van der Waals surface area (Å²) in [7, 11) is 1.57. The van der Waals surface area contributed by atoms with Gasteiger partial charge in [0.05, 0.1) is 5.75 Å². The van der Waals surface area contributed by atoms with E-state index in [9.17, 15) is 9.59 Å². The Bertz CT molecular complexity index is 782. The molecule has 2 aromatic rings. The zero-order valence-corrected chi connectivity index (χ0v) is 18.3. The van der Waals surface area contributed by atoms with Gasteiger partial charge < -0.3 is 10.2 Å². The zero-order valence-electron chi connectivity index (χ0n) is 16.0. The van der Waals surface area contributed by atoms with E-state index in [-0.39, 0.29) is 24.1 Å². The Morgan fingerprint density at radius 3 is 2.29 bits per heavy atom. The van der Waals surface area contributed by atoms with Crippen molar-refractivity contribution in [1.82, 2.24) is 10.2 Å². The van der Waals surface area contributed by atoms with E-state index >= 15 is 0 Å². The molecule has 4 nitrogen and oxygen atoms in total. The summed E-state index contributed by atoms with van der Waals surface area (Å²) in [6.07, 6.45) is 0.497. The predicted molar refractivity (Wildman–Crippen MR) is 118 cm³/mol. The van der Waals surface area contributed by atoms with Crippen LogP contribution in [0, 0.1) is 0 Å². The van der Waals surface area contributed by atoms with E-state index in [1.165, 1.54) is 11.8 Å². The average Bonchev–Trinajstić information content (AvgIpc) is 2.70. The maximum Gasteiger partial charge on any atom is 0.242 e. The number of nitrogens with zero attached hydrogens (tertiary/aromatic N) is 1. The highest BCUT2D eigenvalue weighted by molar-refractivity contribution is 7.99. The minimum atomic E-state index is -0.581. The normalized spacial score (nSPS) is 11.7. The molecule has 2 aromatic carbocycles. The summed E-state index contributed by atoms with van der Waals surface area (Å²) in [6.45, 7) is 2.07. The van der Waals surface area contributed by atoms with Gasteiger partial charge in [0.25, 0.3) is 0 Å². The summed E-state index contributed by atoms with van der Waals surface area (Å²) in [5.74, 6) is 0.675. The van der Waals surface area contributed by atoms with Gasteiger partial charge in [-0.15, -0.1) is 11.8 Å². The Hall–Kier alpha value is -1.69. The lowest BCUT2D eigenvalue weighted by Crippen LogP contribution is -2.48. The van der Waals surface area contributed by atoms with Gasteiger partial charge in [0.2, 0.25) is 11.8 Å². The van der Waals surface area contributed by atoms with Crippen LogP contribution in [0.15, 0.2) is 48.5 Å². The molecule has 0 aliphatic heterocycles. The lowest BCUT2D eigenvalue weighted by Gasteiger charge is -2.30. The minimum absolute atomic E-state index is 0.118. The van der Waals surface area contributed by atoms with Gasteiger partial charge >= 0.3 is 0 Å². The Labute approximate surface area is 180 Å².